The summed E-state index contributed by atoms with van der Waals surface area (Å²) in [5, 5.41) is 0.337. The largest absolute Gasteiger partial charge is 0.492 e. The molecule has 0 N–H and O–H groups in total. The van der Waals surface area contributed by atoms with Gasteiger partial charge in [-0.1, -0.05) is 11.6 Å². The number of carbonyl (C=O) groups excluding carboxylic acids is 1. The van der Waals surface area contributed by atoms with Gasteiger partial charge in [0, 0.05) is 44.3 Å². The standard InChI is InChI=1S/C19H28ClN3O4S/c1-3-27-17-7-6-16(20)13-18(17)28(25,26)23-8-4-5-15(14-23)19(24)22-11-9-21(2)10-12-22/h6-7,13,15H,3-5,8-12,14H2,1-2H3/t15-/m1/s1. The molecule has 0 bridgehead atoms. The Hall–Kier alpha value is -1.35. The van der Waals surface area contributed by atoms with Gasteiger partial charge in [0.1, 0.15) is 10.6 Å². The van der Waals surface area contributed by atoms with Gasteiger partial charge in [-0.25, -0.2) is 8.42 Å². The molecule has 156 valence electrons. The number of carbonyl (C=O) groups is 1. The zero-order chi connectivity index (χ0) is 20.3. The minimum absolute atomic E-state index is 0.0594. The first-order valence-electron chi connectivity index (χ1n) is 9.72. The van der Waals surface area contributed by atoms with Gasteiger partial charge in [0.2, 0.25) is 15.9 Å². The lowest BCUT2D eigenvalue weighted by atomic mass is 9.98. The highest BCUT2D eigenvalue weighted by Gasteiger charge is 2.36. The van der Waals surface area contributed by atoms with Crippen molar-refractivity contribution in [3.05, 3.63) is 23.2 Å². The molecule has 3 rings (SSSR count). The van der Waals surface area contributed by atoms with Crippen LogP contribution in [0.25, 0.3) is 0 Å². The molecular formula is C19H28ClN3O4S. The second kappa shape index (κ2) is 8.98. The molecule has 7 nitrogen and oxygen atoms in total. The molecule has 1 atom stereocenters. The first kappa shape index (κ1) is 21.4. The van der Waals surface area contributed by atoms with E-state index in [1.807, 2.05) is 11.9 Å². The molecule has 9 heteroatoms. The molecule has 2 heterocycles. The van der Waals surface area contributed by atoms with Gasteiger partial charge in [-0.15, -0.1) is 0 Å². The van der Waals surface area contributed by atoms with Crippen molar-refractivity contribution >= 4 is 27.5 Å². The summed E-state index contributed by atoms with van der Waals surface area (Å²) in [7, 11) is -1.76. The molecule has 2 aliphatic heterocycles. The summed E-state index contributed by atoms with van der Waals surface area (Å²) < 4.78 is 33.5. The van der Waals surface area contributed by atoms with Crippen LogP contribution < -0.4 is 4.74 Å². The lowest BCUT2D eigenvalue weighted by Gasteiger charge is -2.37. The third-order valence-corrected chi connectivity index (χ3v) is 7.49. The van der Waals surface area contributed by atoms with Crippen LogP contribution in [0.1, 0.15) is 19.8 Å². The second-order valence-electron chi connectivity index (χ2n) is 7.35. The minimum atomic E-state index is -3.80. The average molecular weight is 430 g/mol. The van der Waals surface area contributed by atoms with Crippen LogP contribution in [0.2, 0.25) is 5.02 Å². The summed E-state index contributed by atoms with van der Waals surface area (Å²) in [5.41, 5.74) is 0. The van der Waals surface area contributed by atoms with Gasteiger partial charge in [0.05, 0.1) is 12.5 Å². The first-order chi connectivity index (χ1) is 13.3. The topological polar surface area (TPSA) is 70.2 Å². The molecule has 0 unspecified atom stereocenters. The summed E-state index contributed by atoms with van der Waals surface area (Å²) in [4.78, 5) is 17.1. The predicted octanol–water partition coefficient (Wildman–Crippen LogP) is 1.91. The number of rotatable bonds is 5. The van der Waals surface area contributed by atoms with Crippen LogP contribution >= 0.6 is 11.6 Å². The molecule has 28 heavy (non-hydrogen) atoms. The zero-order valence-corrected chi connectivity index (χ0v) is 18.0. The quantitative estimate of drug-likeness (QED) is 0.715. The Kier molecular flexibility index (Phi) is 6.85. The number of hydrogen-bond acceptors (Lipinski definition) is 5. The molecular weight excluding hydrogens is 402 g/mol. The Balaban J connectivity index is 1.78. The van der Waals surface area contributed by atoms with E-state index in [1.165, 1.54) is 10.4 Å². The molecule has 0 radical (unpaired) electrons. The molecule has 0 saturated carbocycles. The monoisotopic (exact) mass is 429 g/mol. The Bertz CT molecular complexity index is 809. The maximum atomic E-state index is 13.3. The lowest BCUT2D eigenvalue weighted by molar-refractivity contribution is -0.138. The van der Waals surface area contributed by atoms with Crippen molar-refractivity contribution in [1.29, 1.82) is 0 Å². The molecule has 0 aromatic heterocycles. The van der Waals surface area contributed by atoms with Crippen LogP contribution in [0.3, 0.4) is 0 Å². The summed E-state index contributed by atoms with van der Waals surface area (Å²) in [6, 6.07) is 4.62. The van der Waals surface area contributed by atoms with Crippen molar-refractivity contribution in [2.75, 3.05) is 52.9 Å². The molecule has 1 amide bonds. The zero-order valence-electron chi connectivity index (χ0n) is 16.4. The van der Waals surface area contributed by atoms with Crippen molar-refractivity contribution in [2.45, 2.75) is 24.7 Å². The van der Waals surface area contributed by atoms with Gasteiger partial charge in [0.15, 0.2) is 0 Å². The molecule has 2 saturated heterocycles. The average Bonchev–Trinajstić information content (AvgIpc) is 2.69. The fourth-order valence-electron chi connectivity index (χ4n) is 3.74. The number of benzene rings is 1. The van der Waals surface area contributed by atoms with E-state index in [1.54, 1.807) is 19.1 Å². The predicted molar refractivity (Wildman–Crippen MR) is 108 cm³/mol. The van der Waals surface area contributed by atoms with Gasteiger partial charge < -0.3 is 14.5 Å². The molecule has 1 aromatic carbocycles. The van der Waals surface area contributed by atoms with Crippen LogP contribution in [0.5, 0.6) is 5.75 Å². The summed E-state index contributed by atoms with van der Waals surface area (Å²) in [5.74, 6) is 0.0465. The van der Waals surface area contributed by atoms with Crippen molar-refractivity contribution in [3.63, 3.8) is 0 Å². The van der Waals surface area contributed by atoms with Gasteiger partial charge in [-0.3, -0.25) is 4.79 Å². The highest BCUT2D eigenvalue weighted by atomic mass is 35.5. The normalized spacial score (nSPS) is 22.2. The van der Waals surface area contributed by atoms with Crippen molar-refractivity contribution < 1.29 is 17.9 Å². The van der Waals surface area contributed by atoms with E-state index in [-0.39, 0.29) is 23.3 Å². The summed E-state index contributed by atoms with van der Waals surface area (Å²) in [6.07, 6.45) is 1.37. The third-order valence-electron chi connectivity index (χ3n) is 5.37. The van der Waals surface area contributed by atoms with Gasteiger partial charge in [0.25, 0.3) is 0 Å². The maximum Gasteiger partial charge on any atom is 0.246 e. The Morgan fingerprint density at radius 2 is 1.93 bits per heavy atom. The smallest absolute Gasteiger partial charge is 0.246 e. The van der Waals surface area contributed by atoms with Crippen LogP contribution in [0, 0.1) is 5.92 Å². The second-order valence-corrected chi connectivity index (χ2v) is 9.70. The molecule has 0 aliphatic carbocycles. The number of ether oxygens (including phenoxy) is 1. The van der Waals surface area contributed by atoms with Gasteiger partial charge >= 0.3 is 0 Å². The van der Waals surface area contributed by atoms with Crippen molar-refractivity contribution in [2.24, 2.45) is 5.92 Å². The summed E-state index contributed by atoms with van der Waals surface area (Å²) in [6.45, 7) is 5.84. The summed E-state index contributed by atoms with van der Waals surface area (Å²) >= 11 is 6.05. The van der Waals surface area contributed by atoms with E-state index >= 15 is 0 Å². The van der Waals surface area contributed by atoms with Crippen molar-refractivity contribution in [3.8, 4) is 5.75 Å². The van der Waals surface area contributed by atoms with Crippen LogP contribution in [0.15, 0.2) is 23.1 Å². The van der Waals surface area contributed by atoms with Crippen LogP contribution in [-0.2, 0) is 14.8 Å². The number of nitrogens with zero attached hydrogens (tertiary/aromatic N) is 3. The van der Waals surface area contributed by atoms with Gasteiger partial charge in [-0.2, -0.15) is 4.31 Å². The fraction of sp³-hybridized carbons (Fsp3) is 0.632. The number of likely N-dealkylation sites (N-methyl/N-ethyl adjacent to an activating group) is 1. The fourth-order valence-corrected chi connectivity index (χ4v) is 5.66. The molecule has 1 aromatic rings. The van der Waals surface area contributed by atoms with Crippen LogP contribution in [0.4, 0.5) is 0 Å². The maximum absolute atomic E-state index is 13.3. The number of piperidine rings is 1. The Morgan fingerprint density at radius 1 is 1.21 bits per heavy atom. The highest BCUT2D eigenvalue weighted by molar-refractivity contribution is 7.89. The molecule has 0 spiro atoms. The number of piperazine rings is 1. The van der Waals surface area contributed by atoms with E-state index in [4.69, 9.17) is 16.3 Å². The number of hydrogen-bond donors (Lipinski definition) is 0. The lowest BCUT2D eigenvalue weighted by Crippen LogP contribution is -2.52. The van der Waals surface area contributed by atoms with E-state index in [2.05, 4.69) is 4.90 Å². The Morgan fingerprint density at radius 3 is 2.61 bits per heavy atom. The SMILES string of the molecule is CCOc1ccc(Cl)cc1S(=O)(=O)N1CCC[C@@H](C(=O)N2CCN(C)CC2)C1. The van der Waals surface area contributed by atoms with E-state index < -0.39 is 10.0 Å². The van der Waals surface area contributed by atoms with Gasteiger partial charge in [-0.05, 0) is 45.0 Å². The van der Waals surface area contributed by atoms with E-state index in [9.17, 15) is 13.2 Å². The van der Waals surface area contributed by atoms with Crippen LogP contribution in [-0.4, -0.2) is 81.4 Å². The number of halogens is 1. The van der Waals surface area contributed by atoms with E-state index in [0.29, 0.717) is 49.9 Å². The van der Waals surface area contributed by atoms with E-state index in [0.717, 1.165) is 13.1 Å². The first-order valence-corrected chi connectivity index (χ1v) is 11.5. The number of sulfonamides is 1. The highest BCUT2D eigenvalue weighted by Crippen LogP contribution is 2.32. The molecule has 2 fully saturated rings. The third kappa shape index (κ3) is 4.62. The number of amides is 1. The molecule has 2 aliphatic rings. The Labute approximate surface area is 172 Å². The van der Waals surface area contributed by atoms with Crippen molar-refractivity contribution in [1.82, 2.24) is 14.1 Å². The minimum Gasteiger partial charge on any atom is -0.492 e.